The van der Waals surface area contributed by atoms with Gasteiger partial charge in [0.2, 0.25) is 5.91 Å². The third-order valence-electron chi connectivity index (χ3n) is 5.15. The number of hydrogen-bond acceptors (Lipinski definition) is 5. The summed E-state index contributed by atoms with van der Waals surface area (Å²) in [5.41, 5.74) is 0.750. The van der Waals surface area contributed by atoms with E-state index in [1.54, 1.807) is 18.5 Å². The van der Waals surface area contributed by atoms with Crippen molar-refractivity contribution >= 4 is 23.3 Å². The van der Waals surface area contributed by atoms with Crippen LogP contribution in [-0.4, -0.2) is 29.0 Å². The second-order valence-electron chi connectivity index (χ2n) is 7.35. The maximum Gasteiger partial charge on any atom is 0.263 e. The Morgan fingerprint density at radius 3 is 2.81 bits per heavy atom. The normalized spacial score (nSPS) is 16.1. The Balaban J connectivity index is 1.41. The first-order valence-electron chi connectivity index (χ1n) is 10.1. The molecule has 31 heavy (non-hydrogen) atoms. The highest BCUT2D eigenvalue weighted by molar-refractivity contribution is 6.30. The quantitative estimate of drug-likeness (QED) is 0.607. The van der Waals surface area contributed by atoms with E-state index in [4.69, 9.17) is 16.3 Å². The van der Waals surface area contributed by atoms with Crippen LogP contribution in [0.25, 0.3) is 0 Å². The van der Waals surface area contributed by atoms with Gasteiger partial charge in [-0.2, -0.15) is 0 Å². The van der Waals surface area contributed by atoms with E-state index in [9.17, 15) is 9.18 Å². The van der Waals surface area contributed by atoms with E-state index in [0.29, 0.717) is 30.5 Å². The van der Waals surface area contributed by atoms with Crippen molar-refractivity contribution in [3.8, 4) is 11.6 Å². The fourth-order valence-corrected chi connectivity index (χ4v) is 3.78. The highest BCUT2D eigenvalue weighted by Gasteiger charge is 2.28. The first-order chi connectivity index (χ1) is 15.1. The largest absolute Gasteiger partial charge is 0.436 e. The molecule has 2 heterocycles. The van der Waals surface area contributed by atoms with E-state index in [0.717, 1.165) is 24.9 Å². The predicted octanol–water partition coefficient (Wildman–Crippen LogP) is 4.59. The lowest BCUT2D eigenvalue weighted by molar-refractivity contribution is -0.125. The lowest BCUT2D eigenvalue weighted by atomic mass is 9.97. The molecule has 6 nitrogen and oxygen atoms in total. The summed E-state index contributed by atoms with van der Waals surface area (Å²) < 4.78 is 19.2. The van der Waals surface area contributed by atoms with Crippen LogP contribution >= 0.6 is 11.6 Å². The Bertz CT molecular complexity index is 1050. The molecule has 1 atom stereocenters. The Morgan fingerprint density at radius 1 is 1.19 bits per heavy atom. The number of amides is 1. The van der Waals surface area contributed by atoms with Gasteiger partial charge in [0.05, 0.1) is 10.9 Å². The summed E-state index contributed by atoms with van der Waals surface area (Å²) in [6.07, 6.45) is 4.84. The second kappa shape index (κ2) is 9.75. The number of halogens is 2. The van der Waals surface area contributed by atoms with E-state index in [2.05, 4.69) is 15.3 Å². The predicted molar refractivity (Wildman–Crippen MR) is 117 cm³/mol. The SMILES string of the molecule is O=C(NCc1ccc(F)c(Cl)c1)C1CCCN(c2nccnc2Oc2ccccc2)C1. The molecular weight excluding hydrogens is 419 g/mol. The number of carbonyl (C=O) groups excluding carboxylic acids is 1. The minimum absolute atomic E-state index is 0.0455. The highest BCUT2D eigenvalue weighted by Crippen LogP contribution is 2.31. The molecule has 1 aliphatic rings. The van der Waals surface area contributed by atoms with Gasteiger partial charge in [-0.3, -0.25) is 4.79 Å². The van der Waals surface area contributed by atoms with Crippen LogP contribution in [0.5, 0.6) is 11.6 Å². The molecular formula is C23H22ClFN4O2. The maximum absolute atomic E-state index is 13.3. The van der Waals surface area contributed by atoms with Gasteiger partial charge in [-0.15, -0.1) is 0 Å². The van der Waals surface area contributed by atoms with Crippen molar-refractivity contribution in [2.45, 2.75) is 19.4 Å². The molecule has 1 unspecified atom stereocenters. The summed E-state index contributed by atoms with van der Waals surface area (Å²) in [4.78, 5) is 23.6. The molecule has 1 N–H and O–H groups in total. The molecule has 0 saturated carbocycles. The lowest BCUT2D eigenvalue weighted by Gasteiger charge is -2.33. The summed E-state index contributed by atoms with van der Waals surface area (Å²) in [5, 5.41) is 2.97. The van der Waals surface area contributed by atoms with E-state index in [1.165, 1.54) is 12.1 Å². The second-order valence-corrected chi connectivity index (χ2v) is 7.76. The van der Waals surface area contributed by atoms with Gasteiger partial charge in [0, 0.05) is 32.0 Å². The molecule has 0 aliphatic carbocycles. The third-order valence-corrected chi connectivity index (χ3v) is 5.44. The number of anilines is 1. The minimum atomic E-state index is -0.475. The molecule has 160 valence electrons. The number of aromatic nitrogens is 2. The number of para-hydroxylation sites is 1. The van der Waals surface area contributed by atoms with Gasteiger partial charge in [0.15, 0.2) is 5.82 Å². The first kappa shape index (κ1) is 21.1. The fraction of sp³-hybridized carbons (Fsp3) is 0.261. The van der Waals surface area contributed by atoms with Crippen LogP contribution < -0.4 is 15.0 Å². The van der Waals surface area contributed by atoms with Crippen molar-refractivity contribution in [3.63, 3.8) is 0 Å². The van der Waals surface area contributed by atoms with E-state index in [1.807, 2.05) is 35.2 Å². The third kappa shape index (κ3) is 5.30. The van der Waals surface area contributed by atoms with Crippen LogP contribution in [-0.2, 0) is 11.3 Å². The Kier molecular flexibility index (Phi) is 6.62. The van der Waals surface area contributed by atoms with Gasteiger partial charge in [-0.1, -0.05) is 35.9 Å². The standard InChI is InChI=1S/C23H22ClFN4O2/c24-19-13-16(8-9-20(19)25)14-28-22(30)17-5-4-12-29(15-17)21-23(27-11-10-26-21)31-18-6-2-1-3-7-18/h1-3,6-11,13,17H,4-5,12,14-15H2,(H,28,30). The van der Waals surface area contributed by atoms with Gasteiger partial charge in [-0.25, -0.2) is 14.4 Å². The topological polar surface area (TPSA) is 67.4 Å². The molecule has 1 fully saturated rings. The Morgan fingerprint density at radius 2 is 2.00 bits per heavy atom. The van der Waals surface area contributed by atoms with Crippen LogP contribution in [0.4, 0.5) is 10.2 Å². The van der Waals surface area contributed by atoms with Crippen LogP contribution in [0, 0.1) is 11.7 Å². The average Bonchev–Trinajstić information content (AvgIpc) is 2.81. The molecule has 1 aliphatic heterocycles. The van der Waals surface area contributed by atoms with Gasteiger partial charge in [0.1, 0.15) is 11.6 Å². The van der Waals surface area contributed by atoms with Crippen molar-refractivity contribution in [3.05, 3.63) is 77.3 Å². The number of hydrogen-bond donors (Lipinski definition) is 1. The summed E-state index contributed by atoms with van der Waals surface area (Å²) in [6.45, 7) is 1.57. The molecule has 1 saturated heterocycles. The summed E-state index contributed by atoms with van der Waals surface area (Å²) in [7, 11) is 0. The number of piperidine rings is 1. The molecule has 8 heteroatoms. The molecule has 1 aromatic heterocycles. The van der Waals surface area contributed by atoms with Crippen molar-refractivity contribution in [2.24, 2.45) is 5.92 Å². The van der Waals surface area contributed by atoms with Crippen LogP contribution in [0.1, 0.15) is 18.4 Å². The number of carbonyl (C=O) groups is 1. The van der Waals surface area contributed by atoms with Gasteiger partial charge < -0.3 is 15.0 Å². The Labute approximate surface area is 185 Å². The fourth-order valence-electron chi connectivity index (χ4n) is 3.57. The Hall–Kier alpha value is -3.19. The van der Waals surface area contributed by atoms with Crippen molar-refractivity contribution in [1.82, 2.24) is 15.3 Å². The minimum Gasteiger partial charge on any atom is -0.436 e. The lowest BCUT2D eigenvalue weighted by Crippen LogP contribution is -2.43. The molecule has 0 radical (unpaired) electrons. The summed E-state index contributed by atoms with van der Waals surface area (Å²) in [6, 6.07) is 13.8. The zero-order valence-electron chi connectivity index (χ0n) is 16.8. The average molecular weight is 441 g/mol. The number of nitrogens with zero attached hydrogens (tertiary/aromatic N) is 3. The summed E-state index contributed by atoms with van der Waals surface area (Å²) >= 11 is 5.82. The first-order valence-corrected chi connectivity index (χ1v) is 10.5. The molecule has 0 spiro atoms. The molecule has 3 aromatic rings. The summed E-state index contributed by atoms with van der Waals surface area (Å²) in [5.74, 6) is 0.978. The van der Waals surface area contributed by atoms with Crippen LogP contribution in [0.15, 0.2) is 60.9 Å². The van der Waals surface area contributed by atoms with E-state index < -0.39 is 5.82 Å². The van der Waals surface area contributed by atoms with E-state index >= 15 is 0 Å². The zero-order valence-corrected chi connectivity index (χ0v) is 17.6. The van der Waals surface area contributed by atoms with Gasteiger partial charge in [-0.05, 0) is 42.7 Å². The van der Waals surface area contributed by atoms with E-state index in [-0.39, 0.29) is 16.8 Å². The number of benzene rings is 2. The van der Waals surface area contributed by atoms with Crippen molar-refractivity contribution in [1.29, 1.82) is 0 Å². The molecule has 4 rings (SSSR count). The molecule has 2 aromatic carbocycles. The number of ether oxygens (including phenoxy) is 1. The zero-order chi connectivity index (χ0) is 21.6. The maximum atomic E-state index is 13.3. The molecule has 0 bridgehead atoms. The van der Waals surface area contributed by atoms with Crippen LogP contribution in [0.2, 0.25) is 5.02 Å². The number of rotatable bonds is 6. The van der Waals surface area contributed by atoms with Gasteiger partial charge in [0.25, 0.3) is 5.88 Å². The van der Waals surface area contributed by atoms with Crippen molar-refractivity contribution < 1.29 is 13.9 Å². The van der Waals surface area contributed by atoms with Gasteiger partial charge >= 0.3 is 0 Å². The smallest absolute Gasteiger partial charge is 0.263 e. The molecule has 1 amide bonds. The monoisotopic (exact) mass is 440 g/mol. The van der Waals surface area contributed by atoms with Crippen molar-refractivity contribution in [2.75, 3.05) is 18.0 Å². The van der Waals surface area contributed by atoms with Crippen LogP contribution in [0.3, 0.4) is 0 Å². The highest BCUT2D eigenvalue weighted by atomic mass is 35.5. The number of nitrogens with one attached hydrogen (secondary N) is 1.